The first kappa shape index (κ1) is 8.24. The van der Waals surface area contributed by atoms with E-state index in [2.05, 4.69) is 0 Å². The molecule has 0 saturated heterocycles. The van der Waals surface area contributed by atoms with E-state index in [1.165, 1.54) is 0 Å². The monoisotopic (exact) mass is 150 g/mol. The minimum atomic E-state index is 0.0983. The van der Waals surface area contributed by atoms with Gasteiger partial charge in [0.05, 0.1) is 0 Å². The summed E-state index contributed by atoms with van der Waals surface area (Å²) in [6, 6.07) is 10.1. The summed E-state index contributed by atoms with van der Waals surface area (Å²) in [5, 5.41) is 0. The minimum absolute atomic E-state index is 0.0983. The maximum atomic E-state index is 5.83. The number of nitrogens with two attached hydrogens (primary N) is 2. The van der Waals surface area contributed by atoms with Crippen LogP contribution in [0.2, 0.25) is 0 Å². The fraction of sp³-hybridized carbons (Fsp3) is 0.333. The van der Waals surface area contributed by atoms with E-state index in [1.54, 1.807) is 0 Å². The normalized spacial score (nSPS) is 12.9. The van der Waals surface area contributed by atoms with Gasteiger partial charge in [0.15, 0.2) is 0 Å². The van der Waals surface area contributed by atoms with Crippen LogP contribution < -0.4 is 11.5 Å². The minimum Gasteiger partial charge on any atom is -0.330 e. The van der Waals surface area contributed by atoms with Gasteiger partial charge in [-0.3, -0.25) is 0 Å². The number of rotatable bonds is 3. The Bertz CT molecular complexity index is 196. The van der Waals surface area contributed by atoms with Crippen LogP contribution in [0.25, 0.3) is 0 Å². The number of benzene rings is 1. The van der Waals surface area contributed by atoms with E-state index in [1.807, 2.05) is 30.3 Å². The van der Waals surface area contributed by atoms with Gasteiger partial charge in [0.2, 0.25) is 0 Å². The van der Waals surface area contributed by atoms with Crippen molar-refractivity contribution in [3.05, 3.63) is 35.9 Å². The SMILES string of the molecule is NCC[C@@H](N)c1ccccc1. The molecule has 1 aromatic rings. The van der Waals surface area contributed by atoms with Crippen LogP contribution in [0, 0.1) is 0 Å². The Kier molecular flexibility index (Phi) is 3.08. The molecular weight excluding hydrogens is 136 g/mol. The van der Waals surface area contributed by atoms with Crippen LogP contribution in [0.5, 0.6) is 0 Å². The Morgan fingerprint density at radius 1 is 1.18 bits per heavy atom. The molecule has 0 aliphatic heterocycles. The largest absolute Gasteiger partial charge is 0.330 e. The average molecular weight is 150 g/mol. The molecule has 0 bridgehead atoms. The molecule has 0 saturated carbocycles. The third-order valence-electron chi connectivity index (χ3n) is 1.71. The highest BCUT2D eigenvalue weighted by Crippen LogP contribution is 2.11. The molecule has 0 unspecified atom stereocenters. The van der Waals surface area contributed by atoms with Crippen LogP contribution in [0.15, 0.2) is 30.3 Å². The van der Waals surface area contributed by atoms with Gasteiger partial charge in [-0.15, -0.1) is 0 Å². The summed E-state index contributed by atoms with van der Waals surface area (Å²) >= 11 is 0. The molecule has 0 aliphatic carbocycles. The van der Waals surface area contributed by atoms with Crippen LogP contribution in [-0.4, -0.2) is 6.54 Å². The predicted molar refractivity (Wildman–Crippen MR) is 47.0 cm³/mol. The highest BCUT2D eigenvalue weighted by Gasteiger charge is 2.01. The van der Waals surface area contributed by atoms with E-state index in [4.69, 9.17) is 11.5 Å². The van der Waals surface area contributed by atoms with Crippen LogP contribution in [0.1, 0.15) is 18.0 Å². The summed E-state index contributed by atoms with van der Waals surface area (Å²) in [5.74, 6) is 0. The lowest BCUT2D eigenvalue weighted by molar-refractivity contribution is 0.661. The lowest BCUT2D eigenvalue weighted by Crippen LogP contribution is -2.14. The van der Waals surface area contributed by atoms with Crippen molar-refractivity contribution >= 4 is 0 Å². The second-order valence-electron chi connectivity index (χ2n) is 2.59. The number of hydrogen-bond donors (Lipinski definition) is 2. The molecule has 0 spiro atoms. The van der Waals surface area contributed by atoms with E-state index in [0.717, 1.165) is 12.0 Å². The molecule has 2 heteroatoms. The topological polar surface area (TPSA) is 52.0 Å². The molecule has 0 aliphatic rings. The van der Waals surface area contributed by atoms with E-state index < -0.39 is 0 Å². The third kappa shape index (κ3) is 2.33. The highest BCUT2D eigenvalue weighted by atomic mass is 14.7. The van der Waals surface area contributed by atoms with Crippen LogP contribution in [0.3, 0.4) is 0 Å². The Morgan fingerprint density at radius 2 is 1.82 bits per heavy atom. The first-order valence-corrected chi connectivity index (χ1v) is 3.85. The zero-order chi connectivity index (χ0) is 8.10. The van der Waals surface area contributed by atoms with Crippen molar-refractivity contribution < 1.29 is 0 Å². The fourth-order valence-electron chi connectivity index (χ4n) is 1.05. The third-order valence-corrected chi connectivity index (χ3v) is 1.71. The van der Waals surface area contributed by atoms with Gasteiger partial charge < -0.3 is 11.5 Å². The summed E-state index contributed by atoms with van der Waals surface area (Å²) < 4.78 is 0. The molecule has 0 fully saturated rings. The van der Waals surface area contributed by atoms with E-state index in [0.29, 0.717) is 6.54 Å². The van der Waals surface area contributed by atoms with Crippen LogP contribution in [0.4, 0.5) is 0 Å². The fourth-order valence-corrected chi connectivity index (χ4v) is 1.05. The van der Waals surface area contributed by atoms with Crippen molar-refractivity contribution in [3.8, 4) is 0 Å². The first-order chi connectivity index (χ1) is 5.34. The zero-order valence-corrected chi connectivity index (χ0v) is 6.53. The maximum absolute atomic E-state index is 5.83. The summed E-state index contributed by atoms with van der Waals surface area (Å²) in [7, 11) is 0. The maximum Gasteiger partial charge on any atom is 0.0306 e. The van der Waals surface area contributed by atoms with Gasteiger partial charge in [0, 0.05) is 6.04 Å². The van der Waals surface area contributed by atoms with E-state index >= 15 is 0 Å². The molecule has 0 amide bonds. The lowest BCUT2D eigenvalue weighted by atomic mass is 10.1. The Morgan fingerprint density at radius 3 is 2.36 bits per heavy atom. The zero-order valence-electron chi connectivity index (χ0n) is 6.53. The molecule has 11 heavy (non-hydrogen) atoms. The van der Waals surface area contributed by atoms with Crippen molar-refractivity contribution in [1.82, 2.24) is 0 Å². The van der Waals surface area contributed by atoms with Crippen LogP contribution in [-0.2, 0) is 0 Å². The number of hydrogen-bond acceptors (Lipinski definition) is 2. The van der Waals surface area contributed by atoms with Crippen molar-refractivity contribution in [3.63, 3.8) is 0 Å². The van der Waals surface area contributed by atoms with Gasteiger partial charge in [-0.1, -0.05) is 30.3 Å². The first-order valence-electron chi connectivity index (χ1n) is 3.85. The molecule has 1 rings (SSSR count). The van der Waals surface area contributed by atoms with Gasteiger partial charge >= 0.3 is 0 Å². The molecular formula is C9H14N2. The van der Waals surface area contributed by atoms with Gasteiger partial charge in [0.1, 0.15) is 0 Å². The van der Waals surface area contributed by atoms with Gasteiger partial charge in [0.25, 0.3) is 0 Å². The van der Waals surface area contributed by atoms with Gasteiger partial charge in [-0.05, 0) is 18.5 Å². The van der Waals surface area contributed by atoms with E-state index in [9.17, 15) is 0 Å². The molecule has 4 N–H and O–H groups in total. The van der Waals surface area contributed by atoms with Gasteiger partial charge in [-0.25, -0.2) is 0 Å². The molecule has 1 aromatic carbocycles. The Labute approximate surface area is 67.2 Å². The van der Waals surface area contributed by atoms with Crippen LogP contribution >= 0.6 is 0 Å². The summed E-state index contributed by atoms with van der Waals surface area (Å²) in [5.41, 5.74) is 12.4. The second-order valence-corrected chi connectivity index (χ2v) is 2.59. The standard InChI is InChI=1S/C9H14N2/c10-7-6-9(11)8-4-2-1-3-5-8/h1-5,9H,6-7,10-11H2/t9-/m1/s1. The quantitative estimate of drug-likeness (QED) is 0.676. The van der Waals surface area contributed by atoms with Crippen molar-refractivity contribution in [2.75, 3.05) is 6.54 Å². The molecule has 0 aromatic heterocycles. The Hall–Kier alpha value is -0.860. The highest BCUT2D eigenvalue weighted by molar-refractivity contribution is 5.18. The Balaban J connectivity index is 2.61. The summed E-state index contributed by atoms with van der Waals surface area (Å²) in [6.07, 6.45) is 0.851. The summed E-state index contributed by atoms with van der Waals surface area (Å²) in [4.78, 5) is 0. The smallest absolute Gasteiger partial charge is 0.0306 e. The van der Waals surface area contributed by atoms with E-state index in [-0.39, 0.29) is 6.04 Å². The molecule has 2 nitrogen and oxygen atoms in total. The second kappa shape index (κ2) is 4.11. The summed E-state index contributed by atoms with van der Waals surface area (Å²) in [6.45, 7) is 0.649. The molecule has 0 heterocycles. The van der Waals surface area contributed by atoms with Crippen molar-refractivity contribution in [2.45, 2.75) is 12.5 Å². The van der Waals surface area contributed by atoms with Gasteiger partial charge in [-0.2, -0.15) is 0 Å². The van der Waals surface area contributed by atoms with Crippen molar-refractivity contribution in [2.24, 2.45) is 11.5 Å². The average Bonchev–Trinajstić information content (AvgIpc) is 2.07. The molecule has 1 atom stereocenters. The predicted octanol–water partition coefficient (Wildman–Crippen LogP) is 1.04. The molecule has 0 radical (unpaired) electrons. The lowest BCUT2D eigenvalue weighted by Gasteiger charge is -2.09. The van der Waals surface area contributed by atoms with Crippen molar-refractivity contribution in [1.29, 1.82) is 0 Å². The molecule has 60 valence electrons.